The van der Waals surface area contributed by atoms with Crippen LogP contribution in [0.4, 0.5) is 0 Å². The Morgan fingerprint density at radius 3 is 2.55 bits per heavy atom. The molecule has 1 amide bonds. The van der Waals surface area contributed by atoms with Crippen LogP contribution < -0.4 is 10.1 Å². The van der Waals surface area contributed by atoms with Gasteiger partial charge in [0.15, 0.2) is 5.17 Å². The van der Waals surface area contributed by atoms with Gasteiger partial charge in [-0.2, -0.15) is 0 Å². The minimum absolute atomic E-state index is 0.114. The molecule has 170 valence electrons. The first-order valence-electron chi connectivity index (χ1n) is 10.5. The molecule has 0 bridgehead atoms. The van der Waals surface area contributed by atoms with Crippen LogP contribution >= 0.6 is 11.8 Å². The van der Waals surface area contributed by atoms with Crippen LogP contribution in [0.2, 0.25) is 0 Å². The summed E-state index contributed by atoms with van der Waals surface area (Å²) in [7, 11) is 2.95. The monoisotopic (exact) mass is 463 g/mol. The lowest BCUT2D eigenvalue weighted by molar-refractivity contribution is -0.136. The number of nitrogens with one attached hydrogen (secondary N) is 1. The van der Waals surface area contributed by atoms with Crippen molar-refractivity contribution in [3.63, 3.8) is 0 Å². The molecule has 0 spiro atoms. The molecule has 1 N–H and O–H groups in total. The molecule has 2 aromatic rings. The second-order valence-electron chi connectivity index (χ2n) is 7.57. The number of carbonyl (C=O) groups is 2. The van der Waals surface area contributed by atoms with E-state index in [0.29, 0.717) is 28.7 Å². The number of methoxy groups -OCH3 is 2. The lowest BCUT2D eigenvalue weighted by Gasteiger charge is -2.36. The third kappa shape index (κ3) is 4.66. The summed E-state index contributed by atoms with van der Waals surface area (Å²) in [6.07, 6.45) is 0.151. The van der Waals surface area contributed by atoms with Crippen molar-refractivity contribution in [2.75, 3.05) is 14.2 Å². The molecule has 2 heterocycles. The summed E-state index contributed by atoms with van der Waals surface area (Å²) in [6.45, 7) is 2.24. The summed E-state index contributed by atoms with van der Waals surface area (Å²) >= 11 is 1.43. The van der Waals surface area contributed by atoms with Crippen molar-refractivity contribution in [2.45, 2.75) is 25.9 Å². The summed E-state index contributed by atoms with van der Waals surface area (Å²) < 4.78 is 10.7. The average molecular weight is 464 g/mol. The van der Waals surface area contributed by atoms with Crippen LogP contribution in [-0.4, -0.2) is 36.2 Å². The van der Waals surface area contributed by atoms with E-state index in [1.807, 2.05) is 64.9 Å². The number of esters is 1. The number of aliphatic imine (C=N–C) groups is 1. The summed E-state index contributed by atoms with van der Waals surface area (Å²) in [5.74, 6) is 0.0651. The van der Waals surface area contributed by atoms with Crippen LogP contribution in [0.15, 0.2) is 82.0 Å². The highest BCUT2D eigenvalue weighted by molar-refractivity contribution is 8.16. The fraction of sp³-hybridized carbons (Fsp3) is 0.240. The van der Waals surface area contributed by atoms with E-state index >= 15 is 0 Å². The van der Waals surface area contributed by atoms with E-state index in [2.05, 4.69) is 10.3 Å². The molecule has 0 saturated heterocycles. The number of ether oxygens (including phenoxy) is 2. The van der Waals surface area contributed by atoms with E-state index < -0.39 is 12.0 Å². The molecule has 0 aliphatic carbocycles. The smallest absolute Gasteiger partial charge is 0.338 e. The Balaban J connectivity index is 1.64. The lowest BCUT2D eigenvalue weighted by atomic mass is 9.93. The van der Waals surface area contributed by atoms with Gasteiger partial charge in [0.25, 0.3) is 0 Å². The zero-order chi connectivity index (χ0) is 23.4. The second-order valence-corrected chi connectivity index (χ2v) is 8.40. The van der Waals surface area contributed by atoms with Gasteiger partial charge in [0.1, 0.15) is 5.75 Å². The van der Waals surface area contributed by atoms with Gasteiger partial charge in [-0.15, -0.1) is 0 Å². The molecule has 0 fully saturated rings. The largest absolute Gasteiger partial charge is 0.496 e. The second kappa shape index (κ2) is 9.95. The molecule has 33 heavy (non-hydrogen) atoms. The highest BCUT2D eigenvalue weighted by Gasteiger charge is 2.42. The van der Waals surface area contributed by atoms with Gasteiger partial charge < -0.3 is 19.7 Å². The number of carbonyl (C=O) groups excluding carboxylic acids is 2. The summed E-state index contributed by atoms with van der Waals surface area (Å²) in [5.41, 5.74) is 3.59. The zero-order valence-electron chi connectivity index (χ0n) is 18.7. The highest BCUT2D eigenvalue weighted by atomic mass is 32.2. The molecule has 4 rings (SSSR count). The molecule has 0 aromatic heterocycles. The first-order valence-corrected chi connectivity index (χ1v) is 11.4. The molecular formula is C25H25N3O4S. The molecule has 0 radical (unpaired) electrons. The molecule has 2 aromatic carbocycles. The standard InChI is InChI=1S/C25H25N3O4S/c1-16-22(24(30)32-3)23(19-11-7-8-12-20(19)31-2)28-18(15-33-25(28)27-16)13-21(29)26-14-17-9-5-4-6-10-17/h4-12,15,23H,13-14H2,1-3H3,(H,26,29). The highest BCUT2D eigenvalue weighted by Crippen LogP contribution is 2.46. The maximum atomic E-state index is 12.8. The fourth-order valence-corrected chi connectivity index (χ4v) is 4.92. The number of nitrogens with zero attached hydrogens (tertiary/aromatic N) is 2. The fourth-order valence-electron chi connectivity index (χ4n) is 3.95. The van der Waals surface area contributed by atoms with Crippen molar-refractivity contribution in [3.05, 3.63) is 88.1 Å². The van der Waals surface area contributed by atoms with E-state index in [-0.39, 0.29) is 12.3 Å². The van der Waals surface area contributed by atoms with E-state index in [1.165, 1.54) is 18.9 Å². The zero-order valence-corrected chi connectivity index (χ0v) is 19.5. The summed E-state index contributed by atoms with van der Waals surface area (Å²) in [5, 5.41) is 5.59. The minimum Gasteiger partial charge on any atom is -0.496 e. The number of hydrogen-bond donors (Lipinski definition) is 1. The number of hydrogen-bond acceptors (Lipinski definition) is 7. The maximum Gasteiger partial charge on any atom is 0.338 e. The minimum atomic E-state index is -0.524. The van der Waals surface area contributed by atoms with Crippen LogP contribution in [0.5, 0.6) is 5.75 Å². The Labute approximate surface area is 197 Å². The Hall–Kier alpha value is -3.52. The lowest BCUT2D eigenvalue weighted by Crippen LogP contribution is -2.38. The van der Waals surface area contributed by atoms with E-state index in [0.717, 1.165) is 16.8 Å². The Morgan fingerprint density at radius 1 is 1.09 bits per heavy atom. The number of allylic oxidation sites excluding steroid dienone is 1. The predicted octanol–water partition coefficient (Wildman–Crippen LogP) is 4.15. The van der Waals surface area contributed by atoms with Crippen LogP contribution in [0.3, 0.4) is 0 Å². The number of amidine groups is 1. The molecule has 1 unspecified atom stereocenters. The third-order valence-corrected chi connectivity index (χ3v) is 6.40. The van der Waals surface area contributed by atoms with Gasteiger partial charge in [-0.25, -0.2) is 9.79 Å². The number of rotatable bonds is 7. The SMILES string of the molecule is COC(=O)C1=C(C)N=C2SC=C(CC(=O)NCc3ccccc3)N2C1c1ccccc1OC. The number of fused-ring (bicyclic) bond motifs is 1. The molecule has 0 saturated carbocycles. The number of amides is 1. The van der Waals surface area contributed by atoms with Crippen LogP contribution in [0.1, 0.15) is 30.5 Å². The Morgan fingerprint density at radius 2 is 1.82 bits per heavy atom. The van der Waals surface area contributed by atoms with Crippen molar-refractivity contribution >= 4 is 28.8 Å². The van der Waals surface area contributed by atoms with Gasteiger partial charge >= 0.3 is 5.97 Å². The van der Waals surface area contributed by atoms with Crippen molar-refractivity contribution in [1.82, 2.24) is 10.2 Å². The van der Waals surface area contributed by atoms with Gasteiger partial charge in [-0.3, -0.25) is 4.79 Å². The van der Waals surface area contributed by atoms with E-state index in [4.69, 9.17) is 9.47 Å². The number of thioether (sulfide) groups is 1. The first kappa shape index (κ1) is 22.7. The van der Waals surface area contributed by atoms with Crippen LogP contribution in [-0.2, 0) is 20.9 Å². The molecule has 2 aliphatic heterocycles. The van der Waals surface area contributed by atoms with Gasteiger partial charge in [0, 0.05) is 17.8 Å². The third-order valence-electron chi connectivity index (χ3n) is 5.51. The molecule has 7 nitrogen and oxygen atoms in total. The van der Waals surface area contributed by atoms with Crippen molar-refractivity contribution in [1.29, 1.82) is 0 Å². The van der Waals surface area contributed by atoms with E-state index in [9.17, 15) is 9.59 Å². The number of benzene rings is 2. The van der Waals surface area contributed by atoms with Gasteiger partial charge in [0.05, 0.1) is 38.0 Å². The summed E-state index contributed by atoms with van der Waals surface area (Å²) in [6, 6.07) is 16.8. The quantitative estimate of drug-likeness (QED) is 0.622. The van der Waals surface area contributed by atoms with Crippen LogP contribution in [0.25, 0.3) is 0 Å². The van der Waals surface area contributed by atoms with Crippen molar-refractivity contribution < 1.29 is 19.1 Å². The molecule has 1 atom stereocenters. The maximum absolute atomic E-state index is 12.8. The van der Waals surface area contributed by atoms with Gasteiger partial charge in [-0.1, -0.05) is 60.3 Å². The van der Waals surface area contributed by atoms with Gasteiger partial charge in [-0.05, 0) is 24.0 Å². The molecular weight excluding hydrogens is 438 g/mol. The number of para-hydroxylation sites is 1. The van der Waals surface area contributed by atoms with Crippen LogP contribution in [0, 0.1) is 0 Å². The molecule has 2 aliphatic rings. The first-order chi connectivity index (χ1) is 16.0. The summed E-state index contributed by atoms with van der Waals surface area (Å²) in [4.78, 5) is 32.2. The van der Waals surface area contributed by atoms with Gasteiger partial charge in [0.2, 0.25) is 5.91 Å². The Bertz CT molecular complexity index is 1160. The normalized spacial score (nSPS) is 17.2. The molecule has 8 heteroatoms. The average Bonchev–Trinajstić information content (AvgIpc) is 3.23. The topological polar surface area (TPSA) is 80.2 Å². The predicted molar refractivity (Wildman–Crippen MR) is 128 cm³/mol. The van der Waals surface area contributed by atoms with Crippen molar-refractivity contribution in [2.24, 2.45) is 4.99 Å². The van der Waals surface area contributed by atoms with E-state index in [1.54, 1.807) is 14.0 Å². The Kier molecular flexibility index (Phi) is 6.84. The van der Waals surface area contributed by atoms with Crippen molar-refractivity contribution in [3.8, 4) is 5.75 Å².